The lowest BCUT2D eigenvalue weighted by Gasteiger charge is -2.26. The number of carbonyl (C=O) groups excluding carboxylic acids is 2. The summed E-state index contributed by atoms with van der Waals surface area (Å²) >= 11 is 0. The molecule has 0 atom stereocenters. The molecule has 1 saturated heterocycles. The third-order valence-electron chi connectivity index (χ3n) is 4.71. The number of hydrogen-bond donors (Lipinski definition) is 3. The molecule has 30 heavy (non-hydrogen) atoms. The quantitative estimate of drug-likeness (QED) is 0.626. The Kier molecular flexibility index (Phi) is 7.07. The van der Waals surface area contributed by atoms with Crippen molar-refractivity contribution in [2.24, 2.45) is 0 Å². The minimum Gasteiger partial charge on any atom is -0.376 e. The van der Waals surface area contributed by atoms with Crippen LogP contribution in [0.1, 0.15) is 26.2 Å². The standard InChI is InChI=1S/C21H26N4O4S/c1-16(26)23-18-8-5-7-17(13-18)22-15-21(27)24-19-9-6-10-20(14-19)30(28,29)25-11-3-2-4-12-25/h5-10,13-14,22H,2-4,11-12,15H2,1H3,(H,23,26)(H,24,27). The molecular weight excluding hydrogens is 404 g/mol. The van der Waals surface area contributed by atoms with Crippen LogP contribution in [0.15, 0.2) is 53.4 Å². The molecule has 2 aromatic carbocycles. The molecule has 0 radical (unpaired) electrons. The largest absolute Gasteiger partial charge is 0.376 e. The lowest BCUT2D eigenvalue weighted by Crippen LogP contribution is -2.35. The number of nitrogens with one attached hydrogen (secondary N) is 3. The predicted molar refractivity (Wildman–Crippen MR) is 117 cm³/mol. The molecule has 3 rings (SSSR count). The SMILES string of the molecule is CC(=O)Nc1cccc(NCC(=O)Nc2cccc(S(=O)(=O)N3CCCCC3)c2)c1. The molecule has 3 N–H and O–H groups in total. The Hall–Kier alpha value is -2.91. The van der Waals surface area contributed by atoms with Crippen LogP contribution < -0.4 is 16.0 Å². The van der Waals surface area contributed by atoms with Crippen molar-refractivity contribution < 1.29 is 18.0 Å². The van der Waals surface area contributed by atoms with Gasteiger partial charge in [-0.25, -0.2) is 8.42 Å². The monoisotopic (exact) mass is 430 g/mol. The van der Waals surface area contributed by atoms with E-state index in [-0.39, 0.29) is 23.3 Å². The van der Waals surface area contributed by atoms with Crippen molar-refractivity contribution in [2.75, 3.05) is 35.6 Å². The van der Waals surface area contributed by atoms with E-state index in [4.69, 9.17) is 0 Å². The Bertz CT molecular complexity index is 1020. The Balaban J connectivity index is 1.61. The number of anilines is 3. The van der Waals surface area contributed by atoms with Crippen LogP contribution in [0, 0.1) is 0 Å². The van der Waals surface area contributed by atoms with Crippen LogP contribution in [0.5, 0.6) is 0 Å². The van der Waals surface area contributed by atoms with Gasteiger partial charge in [-0.2, -0.15) is 4.31 Å². The Labute approximate surface area is 176 Å². The highest BCUT2D eigenvalue weighted by molar-refractivity contribution is 7.89. The van der Waals surface area contributed by atoms with Gasteiger partial charge in [0.2, 0.25) is 21.8 Å². The molecule has 0 bridgehead atoms. The van der Waals surface area contributed by atoms with Crippen LogP contribution in [0.3, 0.4) is 0 Å². The number of benzene rings is 2. The van der Waals surface area contributed by atoms with E-state index in [1.54, 1.807) is 42.5 Å². The average molecular weight is 431 g/mol. The van der Waals surface area contributed by atoms with Gasteiger partial charge in [0, 0.05) is 37.1 Å². The van der Waals surface area contributed by atoms with E-state index in [0.717, 1.165) is 19.3 Å². The zero-order valence-corrected chi connectivity index (χ0v) is 17.7. The molecule has 1 fully saturated rings. The first-order valence-electron chi connectivity index (χ1n) is 9.86. The van der Waals surface area contributed by atoms with Gasteiger partial charge in [-0.1, -0.05) is 18.6 Å². The fraction of sp³-hybridized carbons (Fsp3) is 0.333. The Morgan fingerprint density at radius 1 is 0.900 bits per heavy atom. The van der Waals surface area contributed by atoms with E-state index >= 15 is 0 Å². The van der Waals surface area contributed by atoms with Gasteiger partial charge in [0.25, 0.3) is 0 Å². The summed E-state index contributed by atoms with van der Waals surface area (Å²) in [5.74, 6) is -0.489. The fourth-order valence-corrected chi connectivity index (χ4v) is 4.85. The van der Waals surface area contributed by atoms with E-state index in [1.165, 1.54) is 17.3 Å². The molecule has 1 heterocycles. The number of piperidine rings is 1. The van der Waals surface area contributed by atoms with Crippen molar-refractivity contribution in [3.63, 3.8) is 0 Å². The van der Waals surface area contributed by atoms with E-state index < -0.39 is 10.0 Å². The molecule has 2 amide bonds. The van der Waals surface area contributed by atoms with E-state index in [9.17, 15) is 18.0 Å². The number of hydrogen-bond acceptors (Lipinski definition) is 5. The molecular formula is C21H26N4O4S. The summed E-state index contributed by atoms with van der Waals surface area (Å²) in [6, 6.07) is 13.3. The summed E-state index contributed by atoms with van der Waals surface area (Å²) in [6.45, 7) is 2.47. The summed E-state index contributed by atoms with van der Waals surface area (Å²) in [6.07, 6.45) is 2.78. The van der Waals surface area contributed by atoms with Crippen LogP contribution in [-0.2, 0) is 19.6 Å². The highest BCUT2D eigenvalue weighted by Gasteiger charge is 2.26. The first kappa shape index (κ1) is 21.8. The molecule has 2 aromatic rings. The number of carbonyl (C=O) groups is 2. The normalized spacial score (nSPS) is 14.7. The van der Waals surface area contributed by atoms with Crippen molar-refractivity contribution in [1.82, 2.24) is 4.31 Å². The first-order valence-corrected chi connectivity index (χ1v) is 11.3. The van der Waals surface area contributed by atoms with E-state index in [0.29, 0.717) is 30.2 Å². The Morgan fingerprint density at radius 2 is 1.53 bits per heavy atom. The number of nitrogens with zero attached hydrogens (tertiary/aromatic N) is 1. The van der Waals surface area contributed by atoms with Gasteiger partial charge in [-0.15, -0.1) is 0 Å². The molecule has 9 heteroatoms. The van der Waals surface area contributed by atoms with Crippen LogP contribution in [0.2, 0.25) is 0 Å². The maximum absolute atomic E-state index is 12.8. The average Bonchev–Trinajstić information content (AvgIpc) is 2.73. The summed E-state index contributed by atoms with van der Waals surface area (Å²) in [4.78, 5) is 23.6. The summed E-state index contributed by atoms with van der Waals surface area (Å²) in [5, 5.41) is 8.38. The molecule has 1 aliphatic heterocycles. The minimum atomic E-state index is -3.56. The molecule has 0 unspecified atom stereocenters. The number of sulfonamides is 1. The van der Waals surface area contributed by atoms with Crippen molar-refractivity contribution in [3.8, 4) is 0 Å². The molecule has 1 aliphatic rings. The summed E-state index contributed by atoms with van der Waals surface area (Å²) < 4.78 is 27.1. The topological polar surface area (TPSA) is 108 Å². The first-order chi connectivity index (χ1) is 14.3. The second-order valence-corrected chi connectivity index (χ2v) is 9.09. The van der Waals surface area contributed by atoms with Crippen molar-refractivity contribution >= 4 is 38.9 Å². The van der Waals surface area contributed by atoms with Crippen LogP contribution >= 0.6 is 0 Å². The van der Waals surface area contributed by atoms with Crippen molar-refractivity contribution in [3.05, 3.63) is 48.5 Å². The second kappa shape index (κ2) is 9.73. The smallest absolute Gasteiger partial charge is 0.243 e. The fourth-order valence-electron chi connectivity index (χ4n) is 3.29. The maximum Gasteiger partial charge on any atom is 0.243 e. The highest BCUT2D eigenvalue weighted by atomic mass is 32.2. The van der Waals surface area contributed by atoms with Gasteiger partial charge >= 0.3 is 0 Å². The van der Waals surface area contributed by atoms with Gasteiger partial charge in [-0.3, -0.25) is 9.59 Å². The molecule has 0 saturated carbocycles. The second-order valence-electron chi connectivity index (χ2n) is 7.16. The van der Waals surface area contributed by atoms with Gasteiger partial charge in [0.15, 0.2) is 0 Å². The van der Waals surface area contributed by atoms with Crippen molar-refractivity contribution in [2.45, 2.75) is 31.1 Å². The molecule has 160 valence electrons. The Morgan fingerprint density at radius 3 is 2.23 bits per heavy atom. The van der Waals surface area contributed by atoms with Crippen LogP contribution in [0.25, 0.3) is 0 Å². The lowest BCUT2D eigenvalue weighted by atomic mass is 10.2. The molecule has 0 spiro atoms. The highest BCUT2D eigenvalue weighted by Crippen LogP contribution is 2.23. The molecule has 0 aromatic heterocycles. The van der Waals surface area contributed by atoms with Crippen molar-refractivity contribution in [1.29, 1.82) is 0 Å². The zero-order valence-electron chi connectivity index (χ0n) is 16.8. The maximum atomic E-state index is 12.8. The number of rotatable bonds is 7. The van der Waals surface area contributed by atoms with Crippen LogP contribution in [-0.4, -0.2) is 44.2 Å². The third-order valence-corrected chi connectivity index (χ3v) is 6.60. The van der Waals surface area contributed by atoms with Crippen LogP contribution in [0.4, 0.5) is 17.1 Å². The molecule has 0 aliphatic carbocycles. The summed E-state index contributed by atoms with van der Waals surface area (Å²) in [7, 11) is -3.56. The lowest BCUT2D eigenvalue weighted by molar-refractivity contribution is -0.115. The number of amides is 2. The zero-order chi connectivity index (χ0) is 21.6. The van der Waals surface area contributed by atoms with Gasteiger partial charge in [0.05, 0.1) is 11.4 Å². The predicted octanol–water partition coefficient (Wildman–Crippen LogP) is 2.87. The minimum absolute atomic E-state index is 0.00731. The van der Waals surface area contributed by atoms with E-state index in [1.807, 2.05) is 0 Å². The van der Waals surface area contributed by atoms with E-state index in [2.05, 4.69) is 16.0 Å². The summed E-state index contributed by atoms with van der Waals surface area (Å²) in [5.41, 5.74) is 1.73. The van der Waals surface area contributed by atoms with Gasteiger partial charge in [-0.05, 0) is 49.2 Å². The third kappa shape index (κ3) is 5.80. The van der Waals surface area contributed by atoms with Gasteiger partial charge in [0.1, 0.15) is 0 Å². The molecule has 8 nitrogen and oxygen atoms in total. The van der Waals surface area contributed by atoms with Gasteiger partial charge < -0.3 is 16.0 Å².